The highest BCUT2D eigenvalue weighted by molar-refractivity contribution is 8.01. The first-order valence-electron chi connectivity index (χ1n) is 7.98. The van der Waals surface area contributed by atoms with E-state index in [0.29, 0.717) is 10.7 Å². The van der Waals surface area contributed by atoms with Gasteiger partial charge in [0.25, 0.3) is 5.91 Å². The van der Waals surface area contributed by atoms with Crippen molar-refractivity contribution in [3.05, 3.63) is 42.5 Å². The number of benzene rings is 1. The Labute approximate surface area is 159 Å². The molecule has 0 spiro atoms. The third-order valence-corrected chi connectivity index (χ3v) is 6.71. The van der Waals surface area contributed by atoms with Crippen LogP contribution in [0.15, 0.2) is 46.2 Å². The van der Waals surface area contributed by atoms with Gasteiger partial charge in [-0.1, -0.05) is 41.3 Å². The van der Waals surface area contributed by atoms with Crippen LogP contribution in [-0.4, -0.2) is 40.3 Å². The number of aromatic nitrogens is 2. The van der Waals surface area contributed by atoms with Crippen molar-refractivity contribution in [2.45, 2.75) is 28.2 Å². The highest BCUT2D eigenvalue weighted by atomic mass is 32.2. The van der Waals surface area contributed by atoms with Crippen molar-refractivity contribution in [1.29, 1.82) is 0 Å². The van der Waals surface area contributed by atoms with E-state index in [9.17, 15) is 4.79 Å². The van der Waals surface area contributed by atoms with Crippen LogP contribution in [0.1, 0.15) is 23.2 Å². The lowest BCUT2D eigenvalue weighted by atomic mass is 10.2. The van der Waals surface area contributed by atoms with Gasteiger partial charge in [0, 0.05) is 23.0 Å². The Balaban J connectivity index is 1.62. The summed E-state index contributed by atoms with van der Waals surface area (Å²) in [7, 11) is 0. The summed E-state index contributed by atoms with van der Waals surface area (Å²) < 4.78 is 6.47. The SMILES string of the molecule is C=CCSc1nnc(NC(=O)c2ccccc2SCC2CCCO2)s1. The molecule has 132 valence electrons. The average Bonchev–Trinajstić information content (AvgIpc) is 3.30. The molecule has 1 atom stereocenters. The lowest BCUT2D eigenvalue weighted by molar-refractivity contribution is 0.102. The molecule has 2 heterocycles. The van der Waals surface area contributed by atoms with Crippen molar-refractivity contribution in [3.63, 3.8) is 0 Å². The van der Waals surface area contributed by atoms with E-state index in [2.05, 4.69) is 22.1 Å². The minimum atomic E-state index is -0.160. The van der Waals surface area contributed by atoms with Gasteiger partial charge in [-0.15, -0.1) is 28.5 Å². The Morgan fingerprint density at radius 3 is 3.08 bits per heavy atom. The Morgan fingerprint density at radius 2 is 2.28 bits per heavy atom. The zero-order valence-electron chi connectivity index (χ0n) is 13.6. The maximum absolute atomic E-state index is 12.6. The fraction of sp³-hybridized carbons (Fsp3) is 0.353. The van der Waals surface area contributed by atoms with Crippen LogP contribution in [0.4, 0.5) is 5.13 Å². The highest BCUT2D eigenvalue weighted by Gasteiger charge is 2.18. The van der Waals surface area contributed by atoms with Crippen molar-refractivity contribution < 1.29 is 9.53 Å². The van der Waals surface area contributed by atoms with Crippen molar-refractivity contribution in [2.24, 2.45) is 0 Å². The molecule has 1 aliphatic heterocycles. The summed E-state index contributed by atoms with van der Waals surface area (Å²) in [5, 5.41) is 11.4. The number of thioether (sulfide) groups is 2. The van der Waals surface area contributed by atoms with Gasteiger partial charge in [0.2, 0.25) is 5.13 Å². The monoisotopic (exact) mass is 393 g/mol. The van der Waals surface area contributed by atoms with Crippen LogP contribution in [0.2, 0.25) is 0 Å². The average molecular weight is 394 g/mol. The molecular formula is C17H19N3O2S3. The first-order valence-corrected chi connectivity index (χ1v) is 10.8. The minimum absolute atomic E-state index is 0.160. The maximum Gasteiger partial charge on any atom is 0.258 e. The van der Waals surface area contributed by atoms with Crippen LogP contribution in [0.5, 0.6) is 0 Å². The summed E-state index contributed by atoms with van der Waals surface area (Å²) in [5.41, 5.74) is 0.654. The normalized spacial score (nSPS) is 16.7. The first-order chi connectivity index (χ1) is 12.3. The van der Waals surface area contributed by atoms with Gasteiger partial charge in [-0.05, 0) is 25.0 Å². The lowest BCUT2D eigenvalue weighted by Crippen LogP contribution is -2.14. The molecule has 0 aliphatic carbocycles. The third kappa shape index (κ3) is 5.31. The molecule has 5 nitrogen and oxygen atoms in total. The van der Waals surface area contributed by atoms with Crippen LogP contribution in [0.3, 0.4) is 0 Å². The largest absolute Gasteiger partial charge is 0.377 e. The van der Waals surface area contributed by atoms with Crippen molar-refractivity contribution >= 4 is 45.9 Å². The summed E-state index contributed by atoms with van der Waals surface area (Å²) in [5.74, 6) is 1.48. The van der Waals surface area contributed by atoms with Crippen LogP contribution in [-0.2, 0) is 4.74 Å². The third-order valence-electron chi connectivity index (χ3n) is 3.53. The van der Waals surface area contributed by atoms with E-state index in [-0.39, 0.29) is 12.0 Å². The summed E-state index contributed by atoms with van der Waals surface area (Å²) in [6, 6.07) is 7.63. The quantitative estimate of drug-likeness (QED) is 0.409. The minimum Gasteiger partial charge on any atom is -0.377 e. The smallest absolute Gasteiger partial charge is 0.258 e. The van der Waals surface area contributed by atoms with E-state index in [1.807, 2.05) is 30.3 Å². The van der Waals surface area contributed by atoms with Gasteiger partial charge in [-0.25, -0.2) is 0 Å². The molecule has 1 saturated heterocycles. The topological polar surface area (TPSA) is 64.1 Å². The summed E-state index contributed by atoms with van der Waals surface area (Å²) >= 11 is 4.58. The van der Waals surface area contributed by atoms with Crippen LogP contribution >= 0.6 is 34.9 Å². The van der Waals surface area contributed by atoms with Crippen molar-refractivity contribution in [1.82, 2.24) is 10.2 Å². The number of anilines is 1. The van der Waals surface area contributed by atoms with Gasteiger partial charge < -0.3 is 4.74 Å². The standard InChI is InChI=1S/C17H19N3O2S3/c1-2-10-23-17-20-19-16(25-17)18-15(21)13-7-3-4-8-14(13)24-11-12-6-5-9-22-12/h2-4,7-8,12H,1,5-6,9-11H2,(H,18,19,21). The van der Waals surface area contributed by atoms with Gasteiger partial charge in [-0.3, -0.25) is 10.1 Å². The number of nitrogens with one attached hydrogen (secondary N) is 1. The van der Waals surface area contributed by atoms with E-state index >= 15 is 0 Å². The molecule has 0 bridgehead atoms. The molecule has 25 heavy (non-hydrogen) atoms. The van der Waals surface area contributed by atoms with E-state index in [0.717, 1.165) is 40.2 Å². The van der Waals surface area contributed by atoms with Crippen LogP contribution < -0.4 is 5.32 Å². The molecule has 3 rings (SSSR count). The Hall–Kier alpha value is -1.35. The second kappa shape index (κ2) is 9.38. The number of amides is 1. The van der Waals surface area contributed by atoms with E-state index in [1.165, 1.54) is 11.3 Å². The molecule has 0 radical (unpaired) electrons. The predicted octanol–water partition coefficient (Wildman–Crippen LogP) is 4.34. The van der Waals surface area contributed by atoms with E-state index in [1.54, 1.807) is 23.5 Å². The second-order valence-corrected chi connectivity index (χ2v) is 8.68. The zero-order chi connectivity index (χ0) is 17.5. The first kappa shape index (κ1) is 18.4. The van der Waals surface area contributed by atoms with E-state index in [4.69, 9.17) is 4.74 Å². The summed E-state index contributed by atoms with van der Waals surface area (Å²) in [6.07, 6.45) is 4.31. The lowest BCUT2D eigenvalue weighted by Gasteiger charge is -2.11. The van der Waals surface area contributed by atoms with Crippen molar-refractivity contribution in [2.75, 3.05) is 23.4 Å². The summed E-state index contributed by atoms with van der Waals surface area (Å²) in [6.45, 7) is 4.52. The molecule has 1 unspecified atom stereocenters. The molecule has 2 aromatic rings. The Morgan fingerprint density at radius 1 is 1.40 bits per heavy atom. The number of carbonyl (C=O) groups is 1. The number of ether oxygens (including phenoxy) is 1. The van der Waals surface area contributed by atoms with Gasteiger partial charge in [0.15, 0.2) is 4.34 Å². The number of nitrogens with zero attached hydrogens (tertiary/aromatic N) is 2. The molecule has 0 saturated carbocycles. The fourth-order valence-corrected chi connectivity index (χ4v) is 4.98. The van der Waals surface area contributed by atoms with E-state index < -0.39 is 0 Å². The fourth-order valence-electron chi connectivity index (χ4n) is 2.35. The number of rotatable bonds is 8. The Bertz CT molecular complexity index is 729. The zero-order valence-corrected chi connectivity index (χ0v) is 16.1. The van der Waals surface area contributed by atoms with Gasteiger partial charge >= 0.3 is 0 Å². The highest BCUT2D eigenvalue weighted by Crippen LogP contribution is 2.29. The molecule has 1 aromatic heterocycles. The van der Waals surface area contributed by atoms with Gasteiger partial charge in [-0.2, -0.15) is 0 Å². The second-order valence-electron chi connectivity index (χ2n) is 5.37. The van der Waals surface area contributed by atoms with Gasteiger partial charge in [0.05, 0.1) is 11.7 Å². The molecule has 1 aromatic carbocycles. The molecule has 1 aliphatic rings. The molecular weight excluding hydrogens is 374 g/mol. The van der Waals surface area contributed by atoms with Gasteiger partial charge in [0.1, 0.15) is 0 Å². The summed E-state index contributed by atoms with van der Waals surface area (Å²) in [4.78, 5) is 13.6. The predicted molar refractivity (Wildman–Crippen MR) is 105 cm³/mol. The van der Waals surface area contributed by atoms with Crippen molar-refractivity contribution in [3.8, 4) is 0 Å². The Kier molecular flexibility index (Phi) is 6.92. The maximum atomic E-state index is 12.6. The number of hydrogen-bond donors (Lipinski definition) is 1. The number of carbonyl (C=O) groups excluding carboxylic acids is 1. The molecule has 1 fully saturated rings. The molecule has 1 N–H and O–H groups in total. The number of hydrogen-bond acceptors (Lipinski definition) is 7. The molecule has 1 amide bonds. The van der Waals surface area contributed by atoms with Crippen LogP contribution in [0, 0.1) is 0 Å². The molecule has 8 heteroatoms. The van der Waals surface area contributed by atoms with Crippen LogP contribution in [0.25, 0.3) is 0 Å².